The lowest BCUT2D eigenvalue weighted by Crippen LogP contribution is -2.40. The number of nitrogens with one attached hydrogen (secondary N) is 3. The summed E-state index contributed by atoms with van der Waals surface area (Å²) in [5.74, 6) is 2.53. The average molecular weight is 450 g/mol. The minimum atomic E-state index is -0.386. The van der Waals surface area contributed by atoms with Gasteiger partial charge in [-0.25, -0.2) is 4.98 Å². The lowest BCUT2D eigenvalue weighted by molar-refractivity contribution is -0.117. The molecule has 33 heavy (non-hydrogen) atoms. The predicted molar refractivity (Wildman–Crippen MR) is 120 cm³/mol. The van der Waals surface area contributed by atoms with E-state index in [1.54, 1.807) is 0 Å². The fraction of sp³-hybridized carbons (Fsp3) is 0.545. The molecular formula is C22H27N9O2. The zero-order valence-electron chi connectivity index (χ0n) is 18.4. The number of carbonyl (C=O) groups excluding carboxylic acids is 1. The van der Waals surface area contributed by atoms with E-state index in [9.17, 15) is 4.79 Å². The number of fused-ring (bicyclic) bond motifs is 1. The number of amides is 1. The second-order valence-corrected chi connectivity index (χ2v) is 9.05. The molecule has 1 unspecified atom stereocenters. The molecule has 3 aromatic rings. The third kappa shape index (κ3) is 3.91. The van der Waals surface area contributed by atoms with Gasteiger partial charge in [0.1, 0.15) is 11.9 Å². The number of hydrogen-bond donors (Lipinski definition) is 3. The normalized spacial score (nSPS) is 20.4. The van der Waals surface area contributed by atoms with Gasteiger partial charge in [-0.3, -0.25) is 15.2 Å². The summed E-state index contributed by atoms with van der Waals surface area (Å²) in [5.41, 5.74) is 3.39. The molecule has 0 bridgehead atoms. The van der Waals surface area contributed by atoms with Crippen molar-refractivity contribution in [3.8, 4) is 0 Å². The summed E-state index contributed by atoms with van der Waals surface area (Å²) in [6.07, 6.45) is 10.7. The fourth-order valence-electron chi connectivity index (χ4n) is 5.31. The van der Waals surface area contributed by atoms with Crippen LogP contribution < -0.4 is 15.5 Å². The van der Waals surface area contributed by atoms with E-state index in [4.69, 9.17) is 14.4 Å². The van der Waals surface area contributed by atoms with Crippen molar-refractivity contribution in [2.45, 2.75) is 69.7 Å². The molecule has 3 aliphatic rings. The number of aryl methyl sites for hydroxylation is 1. The molecule has 1 saturated carbocycles. The molecule has 6 rings (SSSR count). The topological polar surface area (TPSA) is 138 Å². The number of aromatic amines is 1. The number of nitrogens with zero attached hydrogens (tertiary/aromatic N) is 6. The molecule has 1 aliphatic heterocycles. The van der Waals surface area contributed by atoms with E-state index in [0.717, 1.165) is 48.6 Å². The summed E-state index contributed by atoms with van der Waals surface area (Å²) in [6, 6.07) is 1.82. The Morgan fingerprint density at radius 2 is 2.03 bits per heavy atom. The second-order valence-electron chi connectivity index (χ2n) is 9.05. The highest BCUT2D eigenvalue weighted by molar-refractivity contribution is 5.95. The van der Waals surface area contributed by atoms with Gasteiger partial charge in [0.2, 0.25) is 12.3 Å². The van der Waals surface area contributed by atoms with E-state index >= 15 is 0 Å². The summed E-state index contributed by atoms with van der Waals surface area (Å²) < 4.78 is 5.07. The van der Waals surface area contributed by atoms with Crippen LogP contribution in [0, 0.1) is 0 Å². The molecule has 11 heteroatoms. The molecule has 2 fully saturated rings. The monoisotopic (exact) mass is 449 g/mol. The zero-order chi connectivity index (χ0) is 22.2. The van der Waals surface area contributed by atoms with Crippen LogP contribution in [0.3, 0.4) is 0 Å². The Hall–Kier alpha value is -3.50. The summed E-state index contributed by atoms with van der Waals surface area (Å²) in [6.45, 7) is 0.717. The minimum absolute atomic E-state index is 0.0978. The minimum Gasteiger partial charge on any atom is -0.411 e. The van der Waals surface area contributed by atoms with Crippen LogP contribution in [0.15, 0.2) is 16.9 Å². The van der Waals surface area contributed by atoms with Crippen molar-refractivity contribution in [2.24, 2.45) is 0 Å². The van der Waals surface area contributed by atoms with Crippen molar-refractivity contribution in [2.75, 3.05) is 22.1 Å². The summed E-state index contributed by atoms with van der Waals surface area (Å²) >= 11 is 0. The predicted octanol–water partition coefficient (Wildman–Crippen LogP) is 3.08. The molecule has 172 valence electrons. The first kappa shape index (κ1) is 20.1. The first-order valence-electron chi connectivity index (χ1n) is 11.8. The highest BCUT2D eigenvalue weighted by Crippen LogP contribution is 2.35. The molecule has 1 atom stereocenters. The Balaban J connectivity index is 1.25. The van der Waals surface area contributed by atoms with Crippen molar-refractivity contribution in [1.82, 2.24) is 30.4 Å². The van der Waals surface area contributed by atoms with Crippen LogP contribution in [-0.4, -0.2) is 48.9 Å². The summed E-state index contributed by atoms with van der Waals surface area (Å²) in [5, 5.41) is 21.2. The smallest absolute Gasteiger partial charge is 0.322 e. The van der Waals surface area contributed by atoms with Crippen LogP contribution in [-0.2, 0) is 17.6 Å². The van der Waals surface area contributed by atoms with Crippen LogP contribution in [0.4, 0.5) is 23.6 Å². The van der Waals surface area contributed by atoms with Gasteiger partial charge in [0.15, 0.2) is 5.82 Å². The van der Waals surface area contributed by atoms with Gasteiger partial charge in [-0.05, 0) is 44.9 Å². The average Bonchev–Trinajstić information content (AvgIpc) is 3.64. The van der Waals surface area contributed by atoms with Gasteiger partial charge in [-0.2, -0.15) is 10.1 Å². The third-order valence-electron chi connectivity index (χ3n) is 6.96. The van der Waals surface area contributed by atoms with E-state index in [1.165, 1.54) is 37.8 Å². The van der Waals surface area contributed by atoms with Gasteiger partial charge < -0.3 is 14.6 Å². The van der Waals surface area contributed by atoms with Crippen LogP contribution >= 0.6 is 0 Å². The first-order chi connectivity index (χ1) is 16.2. The molecule has 0 aromatic carbocycles. The van der Waals surface area contributed by atoms with Gasteiger partial charge in [-0.1, -0.05) is 17.9 Å². The summed E-state index contributed by atoms with van der Waals surface area (Å²) in [4.78, 5) is 24.6. The molecule has 4 heterocycles. The second kappa shape index (κ2) is 8.45. The van der Waals surface area contributed by atoms with Gasteiger partial charge >= 0.3 is 6.01 Å². The van der Waals surface area contributed by atoms with Crippen molar-refractivity contribution in [1.29, 1.82) is 0 Å². The molecule has 2 aliphatic carbocycles. The zero-order valence-corrected chi connectivity index (χ0v) is 18.4. The van der Waals surface area contributed by atoms with Crippen molar-refractivity contribution < 1.29 is 9.21 Å². The quantitative estimate of drug-likeness (QED) is 0.518. The standard InChI is InChI=1S/C22H27N9O2/c32-20(27-22-30-23-12-33-22)17-9-4-10-31(17)21-24-15-8-3-7-14(15)19(26-21)25-18-11-16(28-29-18)13-5-1-2-6-13/h11-13,17H,1-10H2,(H,27,30,32)(H2,24,25,26,28,29). The molecule has 1 saturated heterocycles. The van der Waals surface area contributed by atoms with E-state index in [-0.39, 0.29) is 18.0 Å². The van der Waals surface area contributed by atoms with E-state index in [2.05, 4.69) is 37.1 Å². The van der Waals surface area contributed by atoms with Crippen LogP contribution in [0.25, 0.3) is 0 Å². The van der Waals surface area contributed by atoms with E-state index in [0.29, 0.717) is 24.8 Å². The Kier molecular flexibility index (Phi) is 5.16. The molecule has 1 amide bonds. The highest BCUT2D eigenvalue weighted by Gasteiger charge is 2.34. The number of carbonyl (C=O) groups is 1. The van der Waals surface area contributed by atoms with Gasteiger partial charge in [0, 0.05) is 29.8 Å². The van der Waals surface area contributed by atoms with E-state index in [1.807, 2.05) is 4.90 Å². The number of hydrogen-bond acceptors (Lipinski definition) is 9. The van der Waals surface area contributed by atoms with Gasteiger partial charge in [-0.15, -0.1) is 5.10 Å². The number of H-pyrrole nitrogens is 1. The van der Waals surface area contributed by atoms with Crippen molar-refractivity contribution >= 4 is 29.5 Å². The van der Waals surface area contributed by atoms with Crippen molar-refractivity contribution in [3.63, 3.8) is 0 Å². The molecule has 0 spiro atoms. The molecule has 0 radical (unpaired) electrons. The maximum atomic E-state index is 12.9. The van der Waals surface area contributed by atoms with Crippen LogP contribution in [0.1, 0.15) is 67.8 Å². The Labute approximate surface area is 190 Å². The first-order valence-corrected chi connectivity index (χ1v) is 11.8. The summed E-state index contributed by atoms with van der Waals surface area (Å²) in [7, 11) is 0. The lowest BCUT2D eigenvalue weighted by atomic mass is 10.0. The molecule has 3 aromatic heterocycles. The van der Waals surface area contributed by atoms with Crippen LogP contribution in [0.2, 0.25) is 0 Å². The number of rotatable bonds is 6. The Morgan fingerprint density at radius 1 is 1.12 bits per heavy atom. The van der Waals surface area contributed by atoms with Gasteiger partial charge in [0.05, 0.1) is 5.69 Å². The number of aromatic nitrogens is 6. The fourth-order valence-corrected chi connectivity index (χ4v) is 5.31. The maximum Gasteiger partial charge on any atom is 0.322 e. The molecular weight excluding hydrogens is 422 g/mol. The SMILES string of the molecule is O=C(Nc1nnco1)C1CCCN1c1nc2c(c(Nc3cc(C4CCCC4)[nH]n3)n1)CCC2. The maximum absolute atomic E-state index is 12.9. The Morgan fingerprint density at radius 3 is 2.88 bits per heavy atom. The van der Waals surface area contributed by atoms with Crippen LogP contribution in [0.5, 0.6) is 0 Å². The number of anilines is 4. The molecule has 11 nitrogen and oxygen atoms in total. The molecule has 3 N–H and O–H groups in total. The van der Waals surface area contributed by atoms with E-state index < -0.39 is 0 Å². The van der Waals surface area contributed by atoms with Gasteiger partial charge in [0.25, 0.3) is 5.91 Å². The third-order valence-corrected chi connectivity index (χ3v) is 6.96. The van der Waals surface area contributed by atoms with Crippen molar-refractivity contribution in [3.05, 3.63) is 29.4 Å². The largest absolute Gasteiger partial charge is 0.411 e. The lowest BCUT2D eigenvalue weighted by Gasteiger charge is -2.24. The highest BCUT2D eigenvalue weighted by atomic mass is 16.4. The Bertz CT molecular complexity index is 1140.